The smallest absolute Gasteiger partial charge is 0.336 e. The molecule has 0 fully saturated rings. The number of allylic oxidation sites excluding steroid dienone is 1. The molecule has 0 spiro atoms. The third kappa shape index (κ3) is 5.47. The topological polar surface area (TPSA) is 98.7 Å². The van der Waals surface area contributed by atoms with Crippen LogP contribution in [0, 0.1) is 17.2 Å². The zero-order chi connectivity index (χ0) is 24.3. The summed E-state index contributed by atoms with van der Waals surface area (Å²) in [4.78, 5) is 20.6. The van der Waals surface area contributed by atoms with Gasteiger partial charge in [0, 0.05) is 12.1 Å². The minimum Gasteiger partial charge on any atom is -0.469 e. The lowest BCUT2D eigenvalue weighted by molar-refractivity contribution is -0.155. The molecule has 0 radical (unpaired) electrons. The standard InChI is InChI=1S/C24H31FN4O4/c1-13(2)33-23-27-20(28-29-23)17-9-8-16(10-19(17)25)18-11-26-21(15(4)14(18)3)32-12-24(5,6)22(30)31-7/h8-11,13,15,21H,12H2,1-7H3,(H,27,28,29). The number of carbonyl (C=O) groups is 1. The molecule has 33 heavy (non-hydrogen) atoms. The quantitative estimate of drug-likeness (QED) is 0.588. The molecule has 2 heterocycles. The molecule has 3 rings (SSSR count). The van der Waals surface area contributed by atoms with E-state index in [0.29, 0.717) is 17.0 Å². The molecule has 2 unspecified atom stereocenters. The number of carbonyl (C=O) groups excluding carboxylic acids is 1. The number of esters is 1. The SMILES string of the molecule is COC(=O)C(C)(C)COC1N=CC(c2ccc(-c3nc(OC(C)C)n[nH]3)c(F)c2)=C(C)C1C. The Kier molecular flexibility index (Phi) is 7.31. The molecule has 2 atom stereocenters. The predicted molar refractivity (Wildman–Crippen MR) is 123 cm³/mol. The van der Waals surface area contributed by atoms with Gasteiger partial charge in [-0.05, 0) is 57.9 Å². The molecule has 178 valence electrons. The predicted octanol–water partition coefficient (Wildman–Crippen LogP) is 4.43. The number of aromatic nitrogens is 3. The number of methoxy groups -OCH3 is 1. The van der Waals surface area contributed by atoms with Gasteiger partial charge in [0.1, 0.15) is 5.82 Å². The van der Waals surface area contributed by atoms with Crippen molar-refractivity contribution in [3.8, 4) is 17.4 Å². The van der Waals surface area contributed by atoms with Crippen molar-refractivity contribution >= 4 is 17.8 Å². The van der Waals surface area contributed by atoms with Gasteiger partial charge >= 0.3 is 12.0 Å². The second-order valence-electron chi connectivity index (χ2n) is 9.07. The van der Waals surface area contributed by atoms with Crippen LogP contribution in [0.5, 0.6) is 6.01 Å². The average molecular weight is 459 g/mol. The van der Waals surface area contributed by atoms with Gasteiger partial charge in [-0.15, -0.1) is 5.10 Å². The van der Waals surface area contributed by atoms with E-state index in [1.165, 1.54) is 13.2 Å². The number of nitrogens with one attached hydrogen (secondary N) is 1. The van der Waals surface area contributed by atoms with Crippen molar-refractivity contribution in [2.45, 2.75) is 53.9 Å². The molecule has 8 nitrogen and oxygen atoms in total. The van der Waals surface area contributed by atoms with Crippen molar-refractivity contribution in [1.29, 1.82) is 0 Å². The number of nitrogens with zero attached hydrogens (tertiary/aromatic N) is 3. The van der Waals surface area contributed by atoms with Crippen molar-refractivity contribution in [2.75, 3.05) is 13.7 Å². The molecule has 9 heteroatoms. The zero-order valence-corrected chi connectivity index (χ0v) is 20.1. The average Bonchev–Trinajstić information content (AvgIpc) is 3.21. The molecule has 1 aliphatic rings. The Morgan fingerprint density at radius 3 is 2.67 bits per heavy atom. The molecule has 1 aliphatic heterocycles. The number of aliphatic imine (C=N–C) groups is 1. The number of dihydropyridines is 1. The minimum absolute atomic E-state index is 0.0498. The highest BCUT2D eigenvalue weighted by molar-refractivity contribution is 6.11. The lowest BCUT2D eigenvalue weighted by Crippen LogP contribution is -2.35. The maximum atomic E-state index is 15.0. The Morgan fingerprint density at radius 1 is 1.30 bits per heavy atom. The number of halogens is 1. The van der Waals surface area contributed by atoms with Gasteiger partial charge in [-0.1, -0.05) is 18.6 Å². The Morgan fingerprint density at radius 2 is 2.03 bits per heavy atom. The van der Waals surface area contributed by atoms with Crippen LogP contribution in [0.2, 0.25) is 0 Å². The van der Waals surface area contributed by atoms with Crippen molar-refractivity contribution in [2.24, 2.45) is 16.3 Å². The number of benzene rings is 1. The van der Waals surface area contributed by atoms with Gasteiger partial charge in [-0.3, -0.25) is 14.9 Å². The largest absolute Gasteiger partial charge is 0.469 e. The Labute approximate surface area is 193 Å². The molecule has 0 bridgehead atoms. The number of hydrogen-bond donors (Lipinski definition) is 1. The van der Waals surface area contributed by atoms with Crippen LogP contribution in [-0.4, -0.2) is 53.4 Å². The number of rotatable bonds is 8. The highest BCUT2D eigenvalue weighted by Crippen LogP contribution is 2.33. The molecule has 0 saturated heterocycles. The number of ether oxygens (including phenoxy) is 3. The van der Waals surface area contributed by atoms with Crippen LogP contribution in [0.15, 0.2) is 28.8 Å². The maximum absolute atomic E-state index is 15.0. The first-order valence-corrected chi connectivity index (χ1v) is 10.9. The molecule has 0 aliphatic carbocycles. The molecular formula is C24H31FN4O4. The molecule has 0 amide bonds. The van der Waals surface area contributed by atoms with Crippen LogP contribution >= 0.6 is 0 Å². The van der Waals surface area contributed by atoms with E-state index in [2.05, 4.69) is 20.2 Å². The van der Waals surface area contributed by atoms with Gasteiger partial charge in [0.25, 0.3) is 0 Å². The van der Waals surface area contributed by atoms with Crippen molar-refractivity contribution < 1.29 is 23.4 Å². The molecule has 1 aromatic heterocycles. The fraction of sp³-hybridized carbons (Fsp3) is 0.500. The Balaban J connectivity index is 1.76. The monoisotopic (exact) mass is 458 g/mol. The van der Waals surface area contributed by atoms with E-state index >= 15 is 0 Å². The van der Waals surface area contributed by atoms with Crippen LogP contribution in [0.3, 0.4) is 0 Å². The summed E-state index contributed by atoms with van der Waals surface area (Å²) in [5.74, 6) is -0.522. The van der Waals surface area contributed by atoms with E-state index < -0.39 is 17.5 Å². The lowest BCUT2D eigenvalue weighted by atomic mass is 9.89. The summed E-state index contributed by atoms with van der Waals surface area (Å²) in [6, 6.07) is 5.12. The van der Waals surface area contributed by atoms with E-state index in [9.17, 15) is 9.18 Å². The summed E-state index contributed by atoms with van der Waals surface area (Å²) in [5.41, 5.74) is 2.08. The van der Waals surface area contributed by atoms with Gasteiger partial charge in [0.2, 0.25) is 0 Å². The number of hydrogen-bond acceptors (Lipinski definition) is 7. The summed E-state index contributed by atoms with van der Waals surface area (Å²) < 4.78 is 31.2. The first-order chi connectivity index (χ1) is 15.5. The van der Waals surface area contributed by atoms with Gasteiger partial charge in [0.05, 0.1) is 30.8 Å². The number of H-pyrrole nitrogens is 1. The van der Waals surface area contributed by atoms with Crippen LogP contribution in [0.1, 0.15) is 47.1 Å². The fourth-order valence-electron chi connectivity index (χ4n) is 3.46. The van der Waals surface area contributed by atoms with Crippen molar-refractivity contribution in [1.82, 2.24) is 15.2 Å². The van der Waals surface area contributed by atoms with Crippen LogP contribution in [0.4, 0.5) is 4.39 Å². The summed E-state index contributed by atoms with van der Waals surface area (Å²) >= 11 is 0. The Hall–Kier alpha value is -3.07. The second kappa shape index (κ2) is 9.82. The second-order valence-corrected chi connectivity index (χ2v) is 9.07. The van der Waals surface area contributed by atoms with Gasteiger partial charge in [-0.2, -0.15) is 4.98 Å². The van der Waals surface area contributed by atoms with E-state index in [4.69, 9.17) is 14.2 Å². The van der Waals surface area contributed by atoms with E-state index in [1.807, 2.05) is 33.8 Å². The van der Waals surface area contributed by atoms with E-state index in [0.717, 1.165) is 11.1 Å². The van der Waals surface area contributed by atoms with Crippen molar-refractivity contribution in [3.63, 3.8) is 0 Å². The number of aromatic amines is 1. The first-order valence-electron chi connectivity index (χ1n) is 10.9. The highest BCUT2D eigenvalue weighted by Gasteiger charge is 2.32. The van der Waals surface area contributed by atoms with Gasteiger partial charge in [0.15, 0.2) is 12.1 Å². The molecule has 1 N–H and O–H groups in total. The molecule has 2 aromatic rings. The zero-order valence-electron chi connectivity index (χ0n) is 20.1. The summed E-state index contributed by atoms with van der Waals surface area (Å²) in [6.45, 7) is 11.4. The first kappa shape index (κ1) is 24.6. The fourth-order valence-corrected chi connectivity index (χ4v) is 3.46. The van der Waals surface area contributed by atoms with Crippen LogP contribution in [-0.2, 0) is 14.3 Å². The summed E-state index contributed by atoms with van der Waals surface area (Å²) in [6.07, 6.45) is 1.18. The summed E-state index contributed by atoms with van der Waals surface area (Å²) in [7, 11) is 1.36. The van der Waals surface area contributed by atoms with E-state index in [-0.39, 0.29) is 30.6 Å². The van der Waals surface area contributed by atoms with Crippen LogP contribution in [0.25, 0.3) is 17.0 Å². The lowest BCUT2D eigenvalue weighted by Gasteiger charge is -2.30. The van der Waals surface area contributed by atoms with Gasteiger partial charge < -0.3 is 14.2 Å². The minimum atomic E-state index is -0.776. The maximum Gasteiger partial charge on any atom is 0.336 e. The van der Waals surface area contributed by atoms with Crippen LogP contribution < -0.4 is 4.74 Å². The third-order valence-electron chi connectivity index (χ3n) is 5.58. The molecule has 1 aromatic carbocycles. The summed E-state index contributed by atoms with van der Waals surface area (Å²) in [5, 5.41) is 6.68. The van der Waals surface area contributed by atoms with Gasteiger partial charge in [-0.25, -0.2) is 4.39 Å². The Bertz CT molecular complexity index is 1070. The molecular weight excluding hydrogens is 427 g/mol. The molecule has 0 saturated carbocycles. The third-order valence-corrected chi connectivity index (χ3v) is 5.58. The van der Waals surface area contributed by atoms with Crippen molar-refractivity contribution in [3.05, 3.63) is 35.2 Å². The van der Waals surface area contributed by atoms with E-state index in [1.54, 1.807) is 26.1 Å². The normalized spacial score (nSPS) is 18.7. The highest BCUT2D eigenvalue weighted by atomic mass is 19.1.